The first kappa shape index (κ1) is 20.7. The third-order valence-electron chi connectivity index (χ3n) is 5.37. The van der Waals surface area contributed by atoms with Gasteiger partial charge in [0.2, 0.25) is 0 Å². The van der Waals surface area contributed by atoms with Crippen molar-refractivity contribution >= 4 is 21.5 Å². The lowest BCUT2D eigenvalue weighted by Gasteiger charge is -2.22. The van der Waals surface area contributed by atoms with Gasteiger partial charge in [-0.15, -0.1) is 0 Å². The van der Waals surface area contributed by atoms with Gasteiger partial charge in [0, 0.05) is 6.54 Å². The molecule has 4 heteroatoms. The number of nitrogens with zero attached hydrogens (tertiary/aromatic N) is 1. The molecule has 3 aromatic rings. The van der Waals surface area contributed by atoms with Gasteiger partial charge in [0.25, 0.3) is 0 Å². The van der Waals surface area contributed by atoms with E-state index in [1.54, 1.807) is 0 Å². The van der Waals surface area contributed by atoms with Crippen molar-refractivity contribution in [3.63, 3.8) is 0 Å². The first-order chi connectivity index (χ1) is 13.8. The van der Waals surface area contributed by atoms with Crippen molar-refractivity contribution in [2.24, 2.45) is 11.5 Å². The van der Waals surface area contributed by atoms with Crippen molar-refractivity contribution in [2.75, 3.05) is 39.3 Å². The van der Waals surface area contributed by atoms with Gasteiger partial charge in [-0.25, -0.2) is 0 Å². The van der Waals surface area contributed by atoms with Gasteiger partial charge in [0.05, 0.1) is 0 Å². The van der Waals surface area contributed by atoms with Crippen LogP contribution in [0.3, 0.4) is 0 Å². The van der Waals surface area contributed by atoms with Gasteiger partial charge in [-0.05, 0) is 91.7 Å². The van der Waals surface area contributed by atoms with Crippen molar-refractivity contribution in [1.29, 1.82) is 0 Å². The van der Waals surface area contributed by atoms with E-state index in [0.29, 0.717) is 0 Å². The molecule has 0 saturated heterocycles. The fraction of sp³-hybridized carbons (Fsp3) is 0.417. The smallest absolute Gasteiger partial charge is 0.0217 e. The van der Waals surface area contributed by atoms with Crippen LogP contribution in [0.15, 0.2) is 54.6 Å². The second-order valence-electron chi connectivity index (χ2n) is 7.45. The summed E-state index contributed by atoms with van der Waals surface area (Å²) in [5.41, 5.74) is 12.7. The minimum atomic E-state index is 0.755. The highest BCUT2D eigenvalue weighted by atomic mass is 15.1. The Bertz CT molecular complexity index is 799. The van der Waals surface area contributed by atoms with Crippen molar-refractivity contribution in [3.8, 4) is 0 Å². The zero-order valence-corrected chi connectivity index (χ0v) is 16.9. The summed E-state index contributed by atoms with van der Waals surface area (Å²) in [5.74, 6) is 0. The van der Waals surface area contributed by atoms with Crippen LogP contribution < -0.4 is 16.8 Å². The fourth-order valence-corrected chi connectivity index (χ4v) is 3.90. The Labute approximate surface area is 168 Å². The molecule has 0 unspecified atom stereocenters. The summed E-state index contributed by atoms with van der Waals surface area (Å²) < 4.78 is 0. The zero-order chi connectivity index (χ0) is 19.6. The normalized spacial score (nSPS) is 11.7. The summed E-state index contributed by atoms with van der Waals surface area (Å²) in [4.78, 5) is 2.49. The largest absolute Gasteiger partial charge is 0.330 e. The van der Waals surface area contributed by atoms with Gasteiger partial charge in [-0.2, -0.15) is 0 Å². The molecular weight excluding hydrogens is 344 g/mol. The average molecular weight is 379 g/mol. The van der Waals surface area contributed by atoms with Crippen LogP contribution in [0.2, 0.25) is 0 Å². The van der Waals surface area contributed by atoms with Gasteiger partial charge in [0.1, 0.15) is 0 Å². The van der Waals surface area contributed by atoms with E-state index in [1.807, 2.05) is 0 Å². The van der Waals surface area contributed by atoms with Crippen molar-refractivity contribution < 1.29 is 0 Å². The number of nitrogens with two attached hydrogens (primary N) is 2. The SMILES string of the molecule is NCCCN(CCCN)CCCNCc1c2ccccc2cc2ccccc12. The van der Waals surface area contributed by atoms with E-state index < -0.39 is 0 Å². The third-order valence-corrected chi connectivity index (χ3v) is 5.37. The quantitative estimate of drug-likeness (QED) is 0.333. The third kappa shape index (κ3) is 5.52. The first-order valence-corrected chi connectivity index (χ1v) is 10.6. The van der Waals surface area contributed by atoms with Gasteiger partial charge in [-0.3, -0.25) is 0 Å². The van der Waals surface area contributed by atoms with E-state index in [9.17, 15) is 0 Å². The second-order valence-corrected chi connectivity index (χ2v) is 7.45. The number of rotatable bonds is 12. The number of hydrogen-bond acceptors (Lipinski definition) is 4. The van der Waals surface area contributed by atoms with Crippen LogP contribution in [0.25, 0.3) is 21.5 Å². The highest BCUT2D eigenvalue weighted by Gasteiger charge is 2.07. The van der Waals surface area contributed by atoms with E-state index in [2.05, 4.69) is 64.8 Å². The molecule has 5 N–H and O–H groups in total. The molecule has 0 aliphatic rings. The van der Waals surface area contributed by atoms with Gasteiger partial charge in [0.15, 0.2) is 0 Å². The maximum Gasteiger partial charge on any atom is 0.0217 e. The summed E-state index contributed by atoms with van der Waals surface area (Å²) in [6.07, 6.45) is 3.25. The number of fused-ring (bicyclic) bond motifs is 2. The van der Waals surface area contributed by atoms with Crippen molar-refractivity contribution in [2.45, 2.75) is 25.8 Å². The van der Waals surface area contributed by atoms with E-state index in [4.69, 9.17) is 11.5 Å². The number of nitrogens with one attached hydrogen (secondary N) is 1. The lowest BCUT2D eigenvalue weighted by atomic mass is 9.97. The molecule has 0 saturated carbocycles. The molecular formula is C24H34N4. The van der Waals surface area contributed by atoms with Crippen LogP contribution in [0, 0.1) is 0 Å². The number of hydrogen-bond donors (Lipinski definition) is 3. The van der Waals surface area contributed by atoms with Gasteiger partial charge < -0.3 is 21.7 Å². The van der Waals surface area contributed by atoms with Crippen LogP contribution in [-0.2, 0) is 6.54 Å². The topological polar surface area (TPSA) is 67.3 Å². The zero-order valence-electron chi connectivity index (χ0n) is 16.9. The van der Waals surface area contributed by atoms with E-state index in [-0.39, 0.29) is 0 Å². The molecule has 3 aromatic carbocycles. The molecule has 0 bridgehead atoms. The van der Waals surface area contributed by atoms with Crippen LogP contribution in [0.5, 0.6) is 0 Å². The van der Waals surface area contributed by atoms with Crippen molar-refractivity contribution in [1.82, 2.24) is 10.2 Å². The Hall–Kier alpha value is -1.98. The van der Waals surface area contributed by atoms with E-state index in [0.717, 1.165) is 65.1 Å². The second kappa shape index (κ2) is 11.1. The highest BCUT2D eigenvalue weighted by molar-refractivity contribution is 6.02. The molecule has 4 nitrogen and oxygen atoms in total. The molecule has 0 fully saturated rings. The van der Waals surface area contributed by atoms with Crippen LogP contribution in [-0.4, -0.2) is 44.2 Å². The molecule has 0 aliphatic carbocycles. The molecule has 150 valence electrons. The Kier molecular flexibility index (Phi) is 8.24. The monoisotopic (exact) mass is 378 g/mol. The van der Waals surface area contributed by atoms with Crippen LogP contribution in [0.4, 0.5) is 0 Å². The highest BCUT2D eigenvalue weighted by Crippen LogP contribution is 2.28. The molecule has 3 rings (SSSR count). The predicted molar refractivity (Wildman–Crippen MR) is 122 cm³/mol. The maximum absolute atomic E-state index is 5.67. The standard InChI is InChI=1S/C24H34N4/c25-12-5-15-28(16-6-13-26)17-7-14-27-19-24-22-10-3-1-8-20(22)18-21-9-2-4-11-23(21)24/h1-4,8-11,18,27H,5-7,12-17,19,25-26H2. The summed E-state index contributed by atoms with van der Waals surface area (Å²) in [5, 5.41) is 9.00. The Morgan fingerprint density at radius 2 is 1.25 bits per heavy atom. The summed E-state index contributed by atoms with van der Waals surface area (Å²) in [6, 6.07) is 19.7. The molecule has 0 amide bonds. The molecule has 0 spiro atoms. The molecule has 0 radical (unpaired) electrons. The fourth-order valence-electron chi connectivity index (χ4n) is 3.90. The average Bonchev–Trinajstić information content (AvgIpc) is 2.74. The van der Waals surface area contributed by atoms with E-state index >= 15 is 0 Å². The molecule has 0 heterocycles. The number of benzene rings is 3. The van der Waals surface area contributed by atoms with Gasteiger partial charge in [-0.1, -0.05) is 48.5 Å². The molecule has 0 atom stereocenters. The minimum Gasteiger partial charge on any atom is -0.330 e. The van der Waals surface area contributed by atoms with Crippen LogP contribution in [0.1, 0.15) is 24.8 Å². The van der Waals surface area contributed by atoms with E-state index in [1.165, 1.54) is 27.1 Å². The lowest BCUT2D eigenvalue weighted by Crippen LogP contribution is -2.31. The Balaban J connectivity index is 1.60. The minimum absolute atomic E-state index is 0.755. The van der Waals surface area contributed by atoms with Crippen molar-refractivity contribution in [3.05, 3.63) is 60.2 Å². The Morgan fingerprint density at radius 3 is 1.82 bits per heavy atom. The molecule has 0 aromatic heterocycles. The lowest BCUT2D eigenvalue weighted by molar-refractivity contribution is 0.265. The summed E-state index contributed by atoms with van der Waals surface area (Å²) in [6.45, 7) is 6.67. The maximum atomic E-state index is 5.67. The first-order valence-electron chi connectivity index (χ1n) is 10.6. The summed E-state index contributed by atoms with van der Waals surface area (Å²) >= 11 is 0. The molecule has 0 aliphatic heterocycles. The Morgan fingerprint density at radius 1 is 0.714 bits per heavy atom. The summed E-state index contributed by atoms with van der Waals surface area (Å²) in [7, 11) is 0. The molecule has 28 heavy (non-hydrogen) atoms. The van der Waals surface area contributed by atoms with Crippen LogP contribution >= 0.6 is 0 Å². The predicted octanol–water partition coefficient (Wildman–Crippen LogP) is 3.47. The van der Waals surface area contributed by atoms with Gasteiger partial charge >= 0.3 is 0 Å².